The lowest BCUT2D eigenvalue weighted by Gasteiger charge is -2.39. The van der Waals surface area contributed by atoms with E-state index in [9.17, 15) is 4.79 Å². The molecule has 0 saturated heterocycles. The highest BCUT2D eigenvalue weighted by molar-refractivity contribution is 5.92. The number of hydrogen-bond acceptors (Lipinski definition) is 2. The molecule has 2 rings (SSSR count). The van der Waals surface area contributed by atoms with Gasteiger partial charge >= 0.3 is 0 Å². The largest absolute Gasteiger partial charge is 0.295 e. The molecule has 2 aliphatic carbocycles. The SMILES string of the molecule is C[C@]12CCC(=O)C=C1C=CC[C@@H]2C#N. The average Bonchev–Trinajstić information content (AvgIpc) is 2.18. The van der Waals surface area contributed by atoms with Crippen molar-refractivity contribution in [1.82, 2.24) is 0 Å². The first kappa shape index (κ1) is 9.21. The lowest BCUT2D eigenvalue weighted by Crippen LogP contribution is -2.33. The minimum absolute atomic E-state index is 0.0341. The molecule has 0 aromatic heterocycles. The summed E-state index contributed by atoms with van der Waals surface area (Å²) < 4.78 is 0. The predicted octanol–water partition coefficient (Wildman–Crippen LogP) is 2.38. The van der Waals surface area contributed by atoms with Crippen molar-refractivity contribution in [2.75, 3.05) is 0 Å². The fraction of sp³-hybridized carbons (Fsp3) is 0.500. The molecular formula is C12H13NO. The number of nitriles is 1. The fourth-order valence-corrected chi connectivity index (χ4v) is 2.34. The molecular weight excluding hydrogens is 174 g/mol. The van der Waals surface area contributed by atoms with Gasteiger partial charge in [-0.05, 0) is 24.5 Å². The number of ketones is 1. The van der Waals surface area contributed by atoms with E-state index in [1.165, 1.54) is 0 Å². The molecule has 0 aromatic carbocycles. The molecule has 2 nitrogen and oxygen atoms in total. The molecule has 0 saturated carbocycles. The summed E-state index contributed by atoms with van der Waals surface area (Å²) in [5.74, 6) is 0.229. The number of fused-ring (bicyclic) bond motifs is 1. The van der Waals surface area contributed by atoms with Crippen LogP contribution in [0.15, 0.2) is 23.8 Å². The third-order valence-electron chi connectivity index (χ3n) is 3.46. The summed E-state index contributed by atoms with van der Waals surface area (Å²) in [5.41, 5.74) is 0.962. The molecule has 0 fully saturated rings. The summed E-state index contributed by atoms with van der Waals surface area (Å²) in [7, 11) is 0. The Morgan fingerprint density at radius 1 is 1.64 bits per heavy atom. The third kappa shape index (κ3) is 1.21. The Hall–Kier alpha value is -1.36. The summed E-state index contributed by atoms with van der Waals surface area (Å²) >= 11 is 0. The highest BCUT2D eigenvalue weighted by atomic mass is 16.1. The van der Waals surface area contributed by atoms with E-state index in [1.807, 2.05) is 12.2 Å². The van der Waals surface area contributed by atoms with Crippen molar-refractivity contribution >= 4 is 5.78 Å². The van der Waals surface area contributed by atoms with Crippen LogP contribution in [-0.4, -0.2) is 5.78 Å². The zero-order valence-electron chi connectivity index (χ0n) is 8.29. The van der Waals surface area contributed by atoms with Gasteiger partial charge in [-0.2, -0.15) is 5.26 Å². The van der Waals surface area contributed by atoms with Crippen LogP contribution in [-0.2, 0) is 4.79 Å². The van der Waals surface area contributed by atoms with Crippen molar-refractivity contribution in [3.63, 3.8) is 0 Å². The van der Waals surface area contributed by atoms with E-state index >= 15 is 0 Å². The number of nitrogens with zero attached hydrogens (tertiary/aromatic N) is 1. The molecule has 0 N–H and O–H groups in total. The van der Waals surface area contributed by atoms with Gasteiger partial charge in [0.1, 0.15) is 0 Å². The minimum Gasteiger partial charge on any atom is -0.295 e. The van der Waals surface area contributed by atoms with Crippen molar-refractivity contribution in [2.45, 2.75) is 26.2 Å². The maximum Gasteiger partial charge on any atom is 0.156 e. The van der Waals surface area contributed by atoms with Gasteiger partial charge in [-0.25, -0.2) is 0 Å². The number of carbonyl (C=O) groups excluding carboxylic acids is 1. The lowest BCUT2D eigenvalue weighted by molar-refractivity contribution is -0.115. The van der Waals surface area contributed by atoms with Gasteiger partial charge in [-0.15, -0.1) is 0 Å². The van der Waals surface area contributed by atoms with Gasteiger partial charge in [-0.1, -0.05) is 19.1 Å². The second-order valence-corrected chi connectivity index (χ2v) is 4.30. The maximum atomic E-state index is 11.3. The van der Waals surface area contributed by atoms with Gasteiger partial charge in [0.25, 0.3) is 0 Å². The monoisotopic (exact) mass is 187 g/mol. The van der Waals surface area contributed by atoms with Crippen LogP contribution >= 0.6 is 0 Å². The molecule has 0 spiro atoms. The van der Waals surface area contributed by atoms with Crippen LogP contribution in [0.1, 0.15) is 26.2 Å². The number of hydrogen-bond donors (Lipinski definition) is 0. The van der Waals surface area contributed by atoms with E-state index < -0.39 is 0 Å². The fourth-order valence-electron chi connectivity index (χ4n) is 2.34. The smallest absolute Gasteiger partial charge is 0.156 e. The Labute approximate surface area is 83.9 Å². The molecule has 0 radical (unpaired) electrons. The zero-order valence-corrected chi connectivity index (χ0v) is 8.29. The second-order valence-electron chi connectivity index (χ2n) is 4.30. The number of rotatable bonds is 0. The summed E-state index contributed by atoms with van der Waals surface area (Å²) in [5, 5.41) is 9.07. The van der Waals surface area contributed by atoms with E-state index in [0.717, 1.165) is 18.4 Å². The lowest BCUT2D eigenvalue weighted by atomic mass is 9.63. The molecule has 0 unspecified atom stereocenters. The number of allylic oxidation sites excluding steroid dienone is 4. The Balaban J connectivity index is 2.46. The van der Waals surface area contributed by atoms with Crippen molar-refractivity contribution in [2.24, 2.45) is 11.3 Å². The van der Waals surface area contributed by atoms with E-state index in [-0.39, 0.29) is 17.1 Å². The van der Waals surface area contributed by atoms with Crippen LogP contribution in [0.4, 0.5) is 0 Å². The normalized spacial score (nSPS) is 35.9. The van der Waals surface area contributed by atoms with Gasteiger partial charge in [0, 0.05) is 11.8 Å². The summed E-state index contributed by atoms with van der Waals surface area (Å²) in [6.45, 7) is 2.10. The van der Waals surface area contributed by atoms with Crippen LogP contribution in [0.25, 0.3) is 0 Å². The van der Waals surface area contributed by atoms with Gasteiger partial charge in [0.2, 0.25) is 0 Å². The molecule has 0 heterocycles. The maximum absolute atomic E-state index is 11.3. The standard InChI is InChI=1S/C12H13NO/c1-12-6-5-11(14)7-9(12)3-2-4-10(12)8-13/h2-3,7,10H,4-6H2,1H3/t10-,12+/m1/s1. The Morgan fingerprint density at radius 2 is 2.43 bits per heavy atom. The van der Waals surface area contributed by atoms with E-state index in [0.29, 0.717) is 6.42 Å². The summed E-state index contributed by atoms with van der Waals surface area (Å²) in [6.07, 6.45) is 7.94. The molecule has 0 amide bonds. The molecule has 0 bridgehead atoms. The highest BCUT2D eigenvalue weighted by Crippen LogP contribution is 2.47. The topological polar surface area (TPSA) is 40.9 Å². The van der Waals surface area contributed by atoms with Crippen molar-refractivity contribution in [3.05, 3.63) is 23.8 Å². The van der Waals surface area contributed by atoms with Crippen LogP contribution in [0.2, 0.25) is 0 Å². The second kappa shape index (κ2) is 3.09. The molecule has 2 atom stereocenters. The van der Waals surface area contributed by atoms with Crippen LogP contribution in [0.5, 0.6) is 0 Å². The van der Waals surface area contributed by atoms with Gasteiger partial charge in [0.05, 0.1) is 12.0 Å². The molecule has 0 aliphatic heterocycles. The van der Waals surface area contributed by atoms with Crippen LogP contribution < -0.4 is 0 Å². The van der Waals surface area contributed by atoms with E-state index in [1.54, 1.807) is 6.08 Å². The first-order valence-electron chi connectivity index (χ1n) is 4.98. The van der Waals surface area contributed by atoms with E-state index in [4.69, 9.17) is 5.26 Å². The van der Waals surface area contributed by atoms with Crippen molar-refractivity contribution in [1.29, 1.82) is 5.26 Å². The molecule has 72 valence electrons. The Kier molecular flexibility index (Phi) is 2.03. The molecule has 2 aliphatic rings. The Morgan fingerprint density at radius 3 is 3.14 bits per heavy atom. The quantitative estimate of drug-likeness (QED) is 0.584. The molecule has 14 heavy (non-hydrogen) atoms. The molecule has 0 aromatic rings. The Bertz CT molecular complexity index is 372. The van der Waals surface area contributed by atoms with Gasteiger partial charge in [0.15, 0.2) is 5.78 Å². The van der Waals surface area contributed by atoms with Gasteiger partial charge < -0.3 is 0 Å². The van der Waals surface area contributed by atoms with Crippen LogP contribution in [0, 0.1) is 22.7 Å². The summed E-state index contributed by atoms with van der Waals surface area (Å²) in [4.78, 5) is 11.3. The predicted molar refractivity (Wildman–Crippen MR) is 53.3 cm³/mol. The number of carbonyl (C=O) groups is 1. The first-order chi connectivity index (χ1) is 6.66. The first-order valence-corrected chi connectivity index (χ1v) is 4.98. The van der Waals surface area contributed by atoms with Crippen LogP contribution in [0.3, 0.4) is 0 Å². The highest BCUT2D eigenvalue weighted by Gasteiger charge is 2.40. The minimum atomic E-state index is -0.0859. The zero-order chi connectivity index (χ0) is 10.2. The van der Waals surface area contributed by atoms with Crippen molar-refractivity contribution < 1.29 is 4.79 Å². The van der Waals surface area contributed by atoms with Gasteiger partial charge in [-0.3, -0.25) is 4.79 Å². The van der Waals surface area contributed by atoms with E-state index in [2.05, 4.69) is 13.0 Å². The average molecular weight is 187 g/mol. The van der Waals surface area contributed by atoms with Crippen molar-refractivity contribution in [3.8, 4) is 6.07 Å². The molecule has 2 heteroatoms. The third-order valence-corrected chi connectivity index (χ3v) is 3.46. The summed E-state index contributed by atoms with van der Waals surface area (Å²) in [6, 6.07) is 2.36.